The predicted molar refractivity (Wildman–Crippen MR) is 101 cm³/mol. The first-order valence-corrected chi connectivity index (χ1v) is 9.12. The number of halogens is 1. The lowest BCUT2D eigenvalue weighted by atomic mass is 10.1. The molecule has 128 valence electrons. The van der Waals surface area contributed by atoms with Crippen molar-refractivity contribution < 1.29 is 4.79 Å². The topological polar surface area (TPSA) is 73.0 Å². The number of Topliss-reactive ketones (excluding diaryl/α,β-unsaturated/α-hetero) is 1. The minimum absolute atomic E-state index is 0.00991. The third kappa shape index (κ3) is 3.44. The smallest absolute Gasteiger partial charge is 0.212 e. The van der Waals surface area contributed by atoms with Gasteiger partial charge in [-0.25, -0.2) is 0 Å². The molecule has 0 aliphatic heterocycles. The molecule has 0 saturated carbocycles. The SMILES string of the molecule is O=C(CSc1nnc2ccc(-c3ccccn3)nn12)c1ccc(Cl)cc1. The van der Waals surface area contributed by atoms with Gasteiger partial charge in [-0.15, -0.1) is 10.2 Å². The van der Waals surface area contributed by atoms with E-state index in [1.54, 1.807) is 35.0 Å². The molecule has 0 amide bonds. The fraction of sp³-hybridized carbons (Fsp3) is 0.0556. The average molecular weight is 382 g/mol. The maximum absolute atomic E-state index is 12.3. The van der Waals surface area contributed by atoms with Gasteiger partial charge in [0.25, 0.3) is 0 Å². The molecule has 4 aromatic rings. The average Bonchev–Trinajstić information content (AvgIpc) is 3.09. The van der Waals surface area contributed by atoms with Crippen molar-refractivity contribution in [3.63, 3.8) is 0 Å². The number of pyridine rings is 1. The highest BCUT2D eigenvalue weighted by Crippen LogP contribution is 2.20. The quantitative estimate of drug-likeness (QED) is 0.386. The van der Waals surface area contributed by atoms with E-state index in [2.05, 4.69) is 20.3 Å². The highest BCUT2D eigenvalue weighted by atomic mass is 35.5. The van der Waals surface area contributed by atoms with Crippen LogP contribution >= 0.6 is 23.4 Å². The fourth-order valence-electron chi connectivity index (χ4n) is 2.36. The number of ketones is 1. The molecule has 8 heteroatoms. The van der Waals surface area contributed by atoms with Gasteiger partial charge in [-0.2, -0.15) is 9.61 Å². The lowest BCUT2D eigenvalue weighted by molar-refractivity contribution is 0.102. The molecule has 0 radical (unpaired) electrons. The Labute approximate surface area is 158 Å². The van der Waals surface area contributed by atoms with Crippen LogP contribution in [0.5, 0.6) is 0 Å². The number of benzene rings is 1. The van der Waals surface area contributed by atoms with E-state index in [0.717, 1.165) is 5.69 Å². The molecule has 0 atom stereocenters. The molecular formula is C18H12ClN5OS. The number of fused-ring (bicyclic) bond motifs is 1. The van der Waals surface area contributed by atoms with Gasteiger partial charge in [0.15, 0.2) is 11.4 Å². The summed E-state index contributed by atoms with van der Waals surface area (Å²) in [4.78, 5) is 16.6. The highest BCUT2D eigenvalue weighted by Gasteiger charge is 2.13. The molecular weight excluding hydrogens is 370 g/mol. The molecule has 3 aromatic heterocycles. The summed E-state index contributed by atoms with van der Waals surface area (Å²) in [6, 6.07) is 16.1. The minimum Gasteiger partial charge on any atom is -0.293 e. The van der Waals surface area contributed by atoms with E-state index in [0.29, 0.717) is 27.1 Å². The van der Waals surface area contributed by atoms with Gasteiger partial charge in [-0.05, 0) is 48.5 Å². The van der Waals surface area contributed by atoms with Crippen LogP contribution in [0.3, 0.4) is 0 Å². The summed E-state index contributed by atoms with van der Waals surface area (Å²) < 4.78 is 1.63. The van der Waals surface area contributed by atoms with E-state index in [1.165, 1.54) is 11.8 Å². The monoisotopic (exact) mass is 381 g/mol. The zero-order chi connectivity index (χ0) is 17.9. The first kappa shape index (κ1) is 16.7. The lowest BCUT2D eigenvalue weighted by Crippen LogP contribution is -2.04. The molecule has 0 bridgehead atoms. The van der Waals surface area contributed by atoms with Crippen LogP contribution in [0.15, 0.2) is 66.0 Å². The molecule has 26 heavy (non-hydrogen) atoms. The summed E-state index contributed by atoms with van der Waals surface area (Å²) in [6.45, 7) is 0. The largest absolute Gasteiger partial charge is 0.293 e. The second kappa shape index (κ2) is 7.23. The number of carbonyl (C=O) groups is 1. The van der Waals surface area contributed by atoms with Crippen molar-refractivity contribution in [1.82, 2.24) is 24.8 Å². The van der Waals surface area contributed by atoms with Crippen molar-refractivity contribution in [3.8, 4) is 11.4 Å². The third-order valence-corrected chi connectivity index (χ3v) is 4.83. The predicted octanol–water partition coefficient (Wildman–Crippen LogP) is 3.81. The Morgan fingerprint density at radius 3 is 2.62 bits per heavy atom. The van der Waals surface area contributed by atoms with Crippen LogP contribution in [0.25, 0.3) is 17.0 Å². The van der Waals surface area contributed by atoms with Crippen LogP contribution in [0.4, 0.5) is 0 Å². The molecule has 0 saturated heterocycles. The molecule has 0 spiro atoms. The number of nitrogens with zero attached hydrogens (tertiary/aromatic N) is 5. The first-order valence-electron chi connectivity index (χ1n) is 7.76. The van der Waals surface area contributed by atoms with Crippen molar-refractivity contribution in [3.05, 3.63) is 71.4 Å². The van der Waals surface area contributed by atoms with Gasteiger partial charge in [-0.3, -0.25) is 9.78 Å². The standard InChI is InChI=1S/C18H12ClN5OS/c19-13-6-4-12(5-7-13)16(25)11-26-18-22-21-17-9-8-15(23-24(17)18)14-3-1-2-10-20-14/h1-10H,11H2. The Morgan fingerprint density at radius 1 is 1.00 bits per heavy atom. The van der Waals surface area contributed by atoms with Gasteiger partial charge < -0.3 is 0 Å². The molecule has 1 aromatic carbocycles. The molecule has 3 heterocycles. The van der Waals surface area contributed by atoms with Crippen LogP contribution in [0.1, 0.15) is 10.4 Å². The molecule has 0 fully saturated rings. The Bertz CT molecular complexity index is 1070. The van der Waals surface area contributed by atoms with E-state index < -0.39 is 0 Å². The maximum Gasteiger partial charge on any atom is 0.212 e. The summed E-state index contributed by atoms with van der Waals surface area (Å²) >= 11 is 7.15. The number of thioether (sulfide) groups is 1. The Hall–Kier alpha value is -2.77. The third-order valence-electron chi connectivity index (χ3n) is 3.66. The van der Waals surface area contributed by atoms with Gasteiger partial charge in [-0.1, -0.05) is 29.4 Å². The zero-order valence-corrected chi connectivity index (χ0v) is 15.0. The van der Waals surface area contributed by atoms with Gasteiger partial charge in [0.2, 0.25) is 5.16 Å². The summed E-state index contributed by atoms with van der Waals surface area (Å²) in [5.74, 6) is 0.224. The summed E-state index contributed by atoms with van der Waals surface area (Å²) in [6.07, 6.45) is 1.72. The second-order valence-electron chi connectivity index (χ2n) is 5.40. The first-order chi connectivity index (χ1) is 12.7. The van der Waals surface area contributed by atoms with Crippen molar-refractivity contribution in [2.45, 2.75) is 5.16 Å². The molecule has 0 unspecified atom stereocenters. The van der Waals surface area contributed by atoms with Crippen molar-refractivity contribution in [2.75, 3.05) is 5.75 Å². The number of aromatic nitrogens is 5. The van der Waals surface area contributed by atoms with Gasteiger partial charge in [0, 0.05) is 16.8 Å². The normalized spacial score (nSPS) is 11.0. The zero-order valence-electron chi connectivity index (χ0n) is 13.4. The van der Waals surface area contributed by atoms with Gasteiger partial charge >= 0.3 is 0 Å². The number of rotatable bonds is 5. The Kier molecular flexibility index (Phi) is 4.64. The summed E-state index contributed by atoms with van der Waals surface area (Å²) in [7, 11) is 0. The number of carbonyl (C=O) groups excluding carboxylic acids is 1. The van der Waals surface area contributed by atoms with E-state index in [9.17, 15) is 4.79 Å². The van der Waals surface area contributed by atoms with Gasteiger partial charge in [0.05, 0.1) is 11.4 Å². The van der Waals surface area contributed by atoms with Crippen LogP contribution in [0, 0.1) is 0 Å². The second-order valence-corrected chi connectivity index (χ2v) is 6.78. The van der Waals surface area contributed by atoms with Crippen LogP contribution in [-0.4, -0.2) is 36.3 Å². The van der Waals surface area contributed by atoms with E-state index >= 15 is 0 Å². The van der Waals surface area contributed by atoms with E-state index in [-0.39, 0.29) is 11.5 Å². The molecule has 0 N–H and O–H groups in total. The van der Waals surface area contributed by atoms with Gasteiger partial charge in [0.1, 0.15) is 5.69 Å². The van der Waals surface area contributed by atoms with Crippen molar-refractivity contribution in [2.24, 2.45) is 0 Å². The highest BCUT2D eigenvalue weighted by molar-refractivity contribution is 7.99. The van der Waals surface area contributed by atoms with Crippen LogP contribution in [0.2, 0.25) is 5.02 Å². The lowest BCUT2D eigenvalue weighted by Gasteiger charge is -2.03. The summed E-state index contributed by atoms with van der Waals surface area (Å²) in [5.41, 5.74) is 2.70. The van der Waals surface area contributed by atoms with Crippen LogP contribution in [-0.2, 0) is 0 Å². The Morgan fingerprint density at radius 2 is 1.85 bits per heavy atom. The number of hydrogen-bond donors (Lipinski definition) is 0. The van der Waals surface area contributed by atoms with Crippen molar-refractivity contribution >= 4 is 34.8 Å². The van der Waals surface area contributed by atoms with Crippen molar-refractivity contribution in [1.29, 1.82) is 0 Å². The molecule has 4 rings (SSSR count). The Balaban J connectivity index is 1.57. The molecule has 6 nitrogen and oxygen atoms in total. The minimum atomic E-state index is -0.00991. The maximum atomic E-state index is 12.3. The summed E-state index contributed by atoms with van der Waals surface area (Å²) in [5, 5.41) is 13.9. The van der Waals surface area contributed by atoms with E-state index in [1.807, 2.05) is 30.3 Å². The molecule has 0 aliphatic carbocycles. The molecule has 0 aliphatic rings. The van der Waals surface area contributed by atoms with E-state index in [4.69, 9.17) is 11.6 Å². The fourth-order valence-corrected chi connectivity index (χ4v) is 3.27. The number of hydrogen-bond acceptors (Lipinski definition) is 6. The van der Waals surface area contributed by atoms with Crippen LogP contribution < -0.4 is 0 Å².